The molecule has 1 aliphatic rings. The Kier molecular flexibility index (Phi) is 2.59. The number of hydrogen-bond donors (Lipinski definition) is 1. The van der Waals surface area contributed by atoms with Crippen LogP contribution in [0.1, 0.15) is 31.7 Å². The highest BCUT2D eigenvalue weighted by Gasteiger charge is 2.19. The molecule has 0 aliphatic carbocycles. The van der Waals surface area contributed by atoms with Crippen molar-refractivity contribution in [3.8, 4) is 0 Å². The molecule has 0 bridgehead atoms. The van der Waals surface area contributed by atoms with Crippen LogP contribution in [0, 0.1) is 5.92 Å². The number of aryl methyl sites for hydroxylation is 1. The lowest BCUT2D eigenvalue weighted by Gasteiger charge is -2.21. The fourth-order valence-corrected chi connectivity index (χ4v) is 2.09. The van der Waals surface area contributed by atoms with Gasteiger partial charge < -0.3 is 10.3 Å². The fourth-order valence-electron chi connectivity index (χ4n) is 2.09. The molecule has 2 N–H and O–H groups in total. The second-order valence-electron chi connectivity index (χ2n) is 4.68. The molecule has 0 amide bonds. The third kappa shape index (κ3) is 1.82. The largest absolute Gasteiger partial charge is 0.334 e. The van der Waals surface area contributed by atoms with Crippen molar-refractivity contribution >= 4 is 0 Å². The molecule has 0 spiro atoms. The van der Waals surface area contributed by atoms with Crippen LogP contribution in [0.5, 0.6) is 0 Å². The molecule has 1 aromatic heterocycles. The van der Waals surface area contributed by atoms with Gasteiger partial charge in [0, 0.05) is 24.7 Å². The highest BCUT2D eigenvalue weighted by atomic mass is 15.1. The van der Waals surface area contributed by atoms with Crippen LogP contribution in [0.25, 0.3) is 0 Å². The van der Waals surface area contributed by atoms with Gasteiger partial charge in [0.05, 0.1) is 12.0 Å². The van der Waals surface area contributed by atoms with Gasteiger partial charge in [0.1, 0.15) is 0 Å². The molecule has 1 aliphatic heterocycles. The minimum Gasteiger partial charge on any atom is -0.334 e. The van der Waals surface area contributed by atoms with Crippen LogP contribution < -0.4 is 5.73 Å². The standard InChI is InChI=1S/C11H19N3/c1-8(2)5-10-11-6-9(12)3-4-14(11)7-13-10/h7-9H,3-6,12H2,1-2H3. The molecule has 3 nitrogen and oxygen atoms in total. The van der Waals surface area contributed by atoms with Crippen molar-refractivity contribution in [3.05, 3.63) is 17.7 Å². The van der Waals surface area contributed by atoms with Crippen LogP contribution in [0.2, 0.25) is 0 Å². The predicted molar refractivity (Wildman–Crippen MR) is 57.1 cm³/mol. The zero-order chi connectivity index (χ0) is 10.1. The lowest BCUT2D eigenvalue weighted by atomic mass is 9.99. The molecule has 1 unspecified atom stereocenters. The highest BCUT2D eigenvalue weighted by Crippen LogP contribution is 2.19. The van der Waals surface area contributed by atoms with Gasteiger partial charge >= 0.3 is 0 Å². The van der Waals surface area contributed by atoms with Crippen molar-refractivity contribution in [3.63, 3.8) is 0 Å². The summed E-state index contributed by atoms with van der Waals surface area (Å²) in [6, 6.07) is 0.338. The van der Waals surface area contributed by atoms with Crippen LogP contribution >= 0.6 is 0 Å². The molecule has 14 heavy (non-hydrogen) atoms. The summed E-state index contributed by atoms with van der Waals surface area (Å²) in [5, 5.41) is 0. The van der Waals surface area contributed by atoms with Crippen LogP contribution in [-0.4, -0.2) is 15.6 Å². The van der Waals surface area contributed by atoms with Gasteiger partial charge in [0.15, 0.2) is 0 Å². The van der Waals surface area contributed by atoms with Gasteiger partial charge in [0.2, 0.25) is 0 Å². The van der Waals surface area contributed by atoms with Gasteiger partial charge in [-0.05, 0) is 18.8 Å². The number of imidazole rings is 1. The quantitative estimate of drug-likeness (QED) is 0.770. The summed E-state index contributed by atoms with van der Waals surface area (Å²) < 4.78 is 2.26. The number of fused-ring (bicyclic) bond motifs is 1. The number of hydrogen-bond acceptors (Lipinski definition) is 2. The minimum atomic E-state index is 0.338. The van der Waals surface area contributed by atoms with E-state index in [9.17, 15) is 0 Å². The van der Waals surface area contributed by atoms with Gasteiger partial charge in [-0.1, -0.05) is 13.8 Å². The Morgan fingerprint density at radius 2 is 2.43 bits per heavy atom. The molecule has 3 heteroatoms. The van der Waals surface area contributed by atoms with Crippen molar-refractivity contribution in [2.75, 3.05) is 0 Å². The molecule has 0 saturated heterocycles. The summed E-state index contributed by atoms with van der Waals surface area (Å²) in [6.45, 7) is 5.50. The summed E-state index contributed by atoms with van der Waals surface area (Å²) in [6.07, 6.45) is 5.14. The molecular weight excluding hydrogens is 174 g/mol. The highest BCUT2D eigenvalue weighted by molar-refractivity contribution is 5.17. The first kappa shape index (κ1) is 9.71. The number of nitrogens with zero attached hydrogens (tertiary/aromatic N) is 2. The van der Waals surface area contributed by atoms with Gasteiger partial charge in [-0.15, -0.1) is 0 Å². The van der Waals surface area contributed by atoms with Crippen molar-refractivity contribution in [2.24, 2.45) is 11.7 Å². The van der Waals surface area contributed by atoms with Crippen molar-refractivity contribution in [1.82, 2.24) is 9.55 Å². The maximum Gasteiger partial charge on any atom is 0.0951 e. The molecule has 0 aromatic carbocycles. The number of aromatic nitrogens is 2. The first-order chi connectivity index (χ1) is 6.66. The molecule has 1 aromatic rings. The van der Waals surface area contributed by atoms with E-state index in [2.05, 4.69) is 23.4 Å². The Hall–Kier alpha value is -0.830. The third-order valence-electron chi connectivity index (χ3n) is 2.83. The normalized spacial score (nSPS) is 21.3. The zero-order valence-corrected chi connectivity index (χ0v) is 9.03. The Morgan fingerprint density at radius 1 is 1.64 bits per heavy atom. The number of rotatable bonds is 2. The van der Waals surface area contributed by atoms with Crippen molar-refractivity contribution < 1.29 is 0 Å². The SMILES string of the molecule is CC(C)Cc1ncn2c1CC(N)CC2. The summed E-state index contributed by atoms with van der Waals surface area (Å²) >= 11 is 0. The van der Waals surface area contributed by atoms with E-state index in [1.807, 2.05) is 6.33 Å². The lowest BCUT2D eigenvalue weighted by Crippen LogP contribution is -2.30. The molecule has 0 saturated carbocycles. The van der Waals surface area contributed by atoms with Gasteiger partial charge in [0.25, 0.3) is 0 Å². The molecular formula is C11H19N3. The van der Waals surface area contributed by atoms with Crippen LogP contribution in [0.15, 0.2) is 6.33 Å². The van der Waals surface area contributed by atoms with E-state index in [1.54, 1.807) is 0 Å². The topological polar surface area (TPSA) is 43.8 Å². The predicted octanol–water partition coefficient (Wildman–Crippen LogP) is 1.36. The Balaban J connectivity index is 2.22. The van der Waals surface area contributed by atoms with Crippen molar-refractivity contribution in [1.29, 1.82) is 0 Å². The Labute approximate surface area is 85.3 Å². The van der Waals surface area contributed by atoms with E-state index >= 15 is 0 Å². The molecule has 2 heterocycles. The fraction of sp³-hybridized carbons (Fsp3) is 0.727. The monoisotopic (exact) mass is 193 g/mol. The third-order valence-corrected chi connectivity index (χ3v) is 2.83. The minimum absolute atomic E-state index is 0.338. The van der Waals surface area contributed by atoms with Gasteiger partial charge in [-0.25, -0.2) is 4.98 Å². The summed E-state index contributed by atoms with van der Waals surface area (Å²) in [4.78, 5) is 4.48. The average Bonchev–Trinajstić information content (AvgIpc) is 2.47. The Bertz CT molecular complexity index is 314. The second kappa shape index (κ2) is 3.73. The van der Waals surface area contributed by atoms with Crippen LogP contribution in [0.3, 0.4) is 0 Å². The molecule has 78 valence electrons. The summed E-state index contributed by atoms with van der Waals surface area (Å²) in [5.41, 5.74) is 8.60. The zero-order valence-electron chi connectivity index (χ0n) is 9.03. The molecule has 2 rings (SSSR count). The summed E-state index contributed by atoms with van der Waals surface area (Å²) in [7, 11) is 0. The van der Waals surface area contributed by atoms with Gasteiger partial charge in [-0.2, -0.15) is 0 Å². The maximum absolute atomic E-state index is 5.97. The lowest BCUT2D eigenvalue weighted by molar-refractivity contribution is 0.467. The van der Waals surface area contributed by atoms with E-state index in [4.69, 9.17) is 5.73 Å². The van der Waals surface area contributed by atoms with E-state index in [0.717, 1.165) is 25.8 Å². The van der Waals surface area contributed by atoms with E-state index < -0.39 is 0 Å². The van der Waals surface area contributed by atoms with E-state index in [-0.39, 0.29) is 0 Å². The first-order valence-corrected chi connectivity index (χ1v) is 5.45. The maximum atomic E-state index is 5.97. The van der Waals surface area contributed by atoms with E-state index in [1.165, 1.54) is 11.4 Å². The molecule has 0 radical (unpaired) electrons. The molecule has 1 atom stereocenters. The number of nitrogens with two attached hydrogens (primary N) is 1. The summed E-state index contributed by atoms with van der Waals surface area (Å²) in [5.74, 6) is 0.674. The average molecular weight is 193 g/mol. The smallest absolute Gasteiger partial charge is 0.0951 e. The Morgan fingerprint density at radius 3 is 3.14 bits per heavy atom. The van der Waals surface area contributed by atoms with Crippen LogP contribution in [-0.2, 0) is 19.4 Å². The molecule has 0 fully saturated rings. The van der Waals surface area contributed by atoms with E-state index in [0.29, 0.717) is 12.0 Å². The van der Waals surface area contributed by atoms with Crippen LogP contribution in [0.4, 0.5) is 0 Å². The van der Waals surface area contributed by atoms with Gasteiger partial charge in [-0.3, -0.25) is 0 Å². The second-order valence-corrected chi connectivity index (χ2v) is 4.68. The van der Waals surface area contributed by atoms with Crippen molar-refractivity contribution in [2.45, 2.75) is 45.7 Å². The first-order valence-electron chi connectivity index (χ1n) is 5.45.